The molecular formula is C39H66N2O7. The van der Waals surface area contributed by atoms with Gasteiger partial charge in [0, 0.05) is 12.8 Å². The van der Waals surface area contributed by atoms with E-state index in [-0.39, 0.29) is 30.9 Å². The van der Waals surface area contributed by atoms with Crippen LogP contribution in [0.3, 0.4) is 0 Å². The quantitative estimate of drug-likeness (QED) is 0.0321. The van der Waals surface area contributed by atoms with Gasteiger partial charge >= 0.3 is 11.9 Å². The first-order valence-electron chi connectivity index (χ1n) is 18.5. The Morgan fingerprint density at radius 3 is 1.94 bits per heavy atom. The van der Waals surface area contributed by atoms with E-state index in [2.05, 4.69) is 67.0 Å². The molecule has 0 rings (SSSR count). The maximum Gasteiger partial charge on any atom is 0.328 e. The number of amides is 2. The summed E-state index contributed by atoms with van der Waals surface area (Å²) in [6.07, 6.45) is 37.2. The minimum absolute atomic E-state index is 0.142. The number of carboxylic acid groups (broad SMARTS) is 1. The molecule has 0 fully saturated rings. The summed E-state index contributed by atoms with van der Waals surface area (Å²) in [5, 5.41) is 22.5. The molecule has 2 atom stereocenters. The van der Waals surface area contributed by atoms with Gasteiger partial charge in [-0.05, 0) is 76.7 Å². The Bertz CT molecular complexity index is 958. The molecule has 0 spiro atoms. The Morgan fingerprint density at radius 1 is 0.667 bits per heavy atom. The molecule has 0 bridgehead atoms. The van der Waals surface area contributed by atoms with Crippen LogP contribution < -0.4 is 10.6 Å². The average Bonchev–Trinajstić information content (AvgIpc) is 3.07. The fourth-order valence-corrected chi connectivity index (χ4v) is 4.93. The number of nitrogens with one attached hydrogen (secondary N) is 2. The van der Waals surface area contributed by atoms with Gasteiger partial charge in [0.2, 0.25) is 11.8 Å². The topological polar surface area (TPSA) is 142 Å². The summed E-state index contributed by atoms with van der Waals surface area (Å²) in [5.41, 5.74) is 0. The third-order valence-corrected chi connectivity index (χ3v) is 7.79. The second-order valence-corrected chi connectivity index (χ2v) is 12.3. The highest BCUT2D eigenvalue weighted by molar-refractivity contribution is 5.87. The Morgan fingerprint density at radius 2 is 1.25 bits per heavy atom. The zero-order valence-corrected chi connectivity index (χ0v) is 30.0. The number of rotatable bonds is 32. The molecule has 2 amide bonds. The highest BCUT2D eigenvalue weighted by atomic mass is 16.5. The van der Waals surface area contributed by atoms with Gasteiger partial charge in [0.15, 0.2) is 0 Å². The number of carbonyl (C=O) groups excluding carboxylic acids is 3. The van der Waals surface area contributed by atoms with Gasteiger partial charge in [0.25, 0.3) is 0 Å². The molecule has 0 aliphatic heterocycles. The van der Waals surface area contributed by atoms with Gasteiger partial charge in [-0.3, -0.25) is 14.4 Å². The molecule has 2 unspecified atom stereocenters. The summed E-state index contributed by atoms with van der Waals surface area (Å²) in [6, 6.07) is -1.39. The largest absolute Gasteiger partial charge is 0.480 e. The predicted octanol–water partition coefficient (Wildman–Crippen LogP) is 8.03. The van der Waals surface area contributed by atoms with Crippen LogP contribution in [-0.2, 0) is 23.9 Å². The number of ether oxygens (including phenoxy) is 1. The van der Waals surface area contributed by atoms with Crippen LogP contribution in [-0.4, -0.2) is 59.3 Å². The third kappa shape index (κ3) is 30.2. The Labute approximate surface area is 290 Å². The molecule has 0 aliphatic carbocycles. The molecule has 0 aromatic heterocycles. The molecule has 48 heavy (non-hydrogen) atoms. The standard InChI is InChI=1S/C39H66N2O7/c1-3-5-7-9-11-13-14-15-16-17-19-21-27-31-38(45)48-34(28-24-20-18-12-10-8-6-4-2)29-25-22-23-26-30-36(43)40-32-37(44)41-35(33-42)39(46)47/h5,7,11,13,15-16,24,28,34-35,42H,3-4,6,8-10,12,14,17-23,25-27,29-33H2,1-2H3,(H,40,43)(H,41,44)(H,46,47)/b7-5-,13-11-,16-15-,28-24-. The lowest BCUT2D eigenvalue weighted by atomic mass is 10.1. The van der Waals surface area contributed by atoms with Crippen molar-refractivity contribution >= 4 is 23.8 Å². The summed E-state index contributed by atoms with van der Waals surface area (Å²) < 4.78 is 5.86. The summed E-state index contributed by atoms with van der Waals surface area (Å²) in [6.45, 7) is 3.30. The average molecular weight is 675 g/mol. The molecule has 9 heteroatoms. The van der Waals surface area contributed by atoms with Crippen molar-refractivity contribution in [3.63, 3.8) is 0 Å². The van der Waals surface area contributed by atoms with E-state index in [9.17, 15) is 19.2 Å². The van der Waals surface area contributed by atoms with Gasteiger partial charge in [-0.2, -0.15) is 0 Å². The summed E-state index contributed by atoms with van der Waals surface area (Å²) >= 11 is 0. The van der Waals surface area contributed by atoms with Crippen LogP contribution in [0.25, 0.3) is 0 Å². The first-order valence-corrected chi connectivity index (χ1v) is 18.5. The molecule has 0 heterocycles. The van der Waals surface area contributed by atoms with E-state index >= 15 is 0 Å². The van der Waals surface area contributed by atoms with Gasteiger partial charge in [-0.1, -0.05) is 108 Å². The van der Waals surface area contributed by atoms with Crippen molar-refractivity contribution in [2.45, 2.75) is 161 Å². The second-order valence-electron chi connectivity index (χ2n) is 12.3. The van der Waals surface area contributed by atoms with E-state index in [1.807, 2.05) is 6.08 Å². The van der Waals surface area contributed by atoms with Crippen molar-refractivity contribution < 1.29 is 34.1 Å². The summed E-state index contributed by atoms with van der Waals surface area (Å²) in [7, 11) is 0. The van der Waals surface area contributed by atoms with Crippen LogP contribution in [0.15, 0.2) is 48.6 Å². The van der Waals surface area contributed by atoms with Gasteiger partial charge in [0.1, 0.15) is 12.1 Å². The number of aliphatic hydroxyl groups excluding tert-OH is 1. The number of aliphatic carboxylic acids is 1. The van der Waals surface area contributed by atoms with Gasteiger partial charge in [-0.25, -0.2) is 4.79 Å². The zero-order valence-electron chi connectivity index (χ0n) is 30.0. The smallest absolute Gasteiger partial charge is 0.328 e. The second kappa shape index (κ2) is 33.7. The first kappa shape index (κ1) is 44.8. The van der Waals surface area contributed by atoms with Crippen molar-refractivity contribution in [3.8, 4) is 0 Å². The van der Waals surface area contributed by atoms with Gasteiger partial charge in [0.05, 0.1) is 13.2 Å². The van der Waals surface area contributed by atoms with Crippen LogP contribution in [0.5, 0.6) is 0 Å². The molecule has 0 aromatic carbocycles. The van der Waals surface area contributed by atoms with E-state index in [1.165, 1.54) is 32.1 Å². The number of esters is 1. The number of allylic oxidation sites excluding steroid dienone is 7. The van der Waals surface area contributed by atoms with E-state index in [0.29, 0.717) is 12.8 Å². The van der Waals surface area contributed by atoms with Gasteiger partial charge in [-0.15, -0.1) is 0 Å². The Hall–Kier alpha value is -3.20. The maximum absolute atomic E-state index is 12.6. The summed E-state index contributed by atoms with van der Waals surface area (Å²) in [4.78, 5) is 47.3. The number of aliphatic hydroxyl groups is 1. The van der Waals surface area contributed by atoms with Gasteiger partial charge < -0.3 is 25.6 Å². The van der Waals surface area contributed by atoms with Crippen LogP contribution in [0.4, 0.5) is 0 Å². The molecule has 0 saturated heterocycles. The van der Waals surface area contributed by atoms with E-state index in [1.54, 1.807) is 0 Å². The summed E-state index contributed by atoms with van der Waals surface area (Å²) in [5.74, 6) is -2.44. The van der Waals surface area contributed by atoms with Crippen LogP contribution in [0.1, 0.15) is 149 Å². The number of unbranched alkanes of at least 4 members (excludes halogenated alkanes) is 12. The molecule has 4 N–H and O–H groups in total. The lowest BCUT2D eigenvalue weighted by Crippen LogP contribution is -2.47. The lowest BCUT2D eigenvalue weighted by molar-refractivity contribution is -0.147. The normalized spacial score (nSPS) is 13.1. The molecule has 0 aliphatic rings. The number of hydrogen-bond donors (Lipinski definition) is 4. The minimum Gasteiger partial charge on any atom is -0.480 e. The minimum atomic E-state index is -1.39. The van der Waals surface area contributed by atoms with Crippen LogP contribution in [0.2, 0.25) is 0 Å². The fraction of sp³-hybridized carbons (Fsp3) is 0.692. The maximum atomic E-state index is 12.6. The van der Waals surface area contributed by atoms with Crippen molar-refractivity contribution in [3.05, 3.63) is 48.6 Å². The number of carboxylic acids is 1. The van der Waals surface area contributed by atoms with Crippen molar-refractivity contribution in [1.82, 2.24) is 10.6 Å². The Balaban J connectivity index is 4.39. The van der Waals surface area contributed by atoms with Crippen molar-refractivity contribution in [1.29, 1.82) is 0 Å². The molecule has 274 valence electrons. The van der Waals surface area contributed by atoms with Crippen molar-refractivity contribution in [2.24, 2.45) is 0 Å². The van der Waals surface area contributed by atoms with E-state index in [4.69, 9.17) is 14.9 Å². The fourth-order valence-electron chi connectivity index (χ4n) is 4.93. The molecule has 0 aromatic rings. The first-order chi connectivity index (χ1) is 23.3. The van der Waals surface area contributed by atoms with Crippen molar-refractivity contribution in [2.75, 3.05) is 13.2 Å². The number of carbonyl (C=O) groups is 4. The predicted molar refractivity (Wildman–Crippen MR) is 194 cm³/mol. The Kier molecular flexibility index (Phi) is 31.4. The SMILES string of the molecule is CC/C=C\C/C=C\C/C=C\CCCCCC(=O)OC(/C=C\CCCCCCCC)CCCCCCC(=O)NCC(=O)NC(CO)C(=O)O. The zero-order chi connectivity index (χ0) is 35.5. The van der Waals surface area contributed by atoms with E-state index in [0.717, 1.165) is 83.5 Å². The molecule has 9 nitrogen and oxygen atoms in total. The number of hydrogen-bond acceptors (Lipinski definition) is 6. The molecular weight excluding hydrogens is 608 g/mol. The molecule has 0 radical (unpaired) electrons. The highest BCUT2D eigenvalue weighted by Gasteiger charge is 2.18. The van der Waals surface area contributed by atoms with E-state index < -0.39 is 24.5 Å². The van der Waals surface area contributed by atoms with Crippen LogP contribution in [0, 0.1) is 0 Å². The highest BCUT2D eigenvalue weighted by Crippen LogP contribution is 2.14. The molecule has 0 saturated carbocycles. The van der Waals surface area contributed by atoms with Crippen LogP contribution >= 0.6 is 0 Å². The monoisotopic (exact) mass is 674 g/mol. The third-order valence-electron chi connectivity index (χ3n) is 7.79. The lowest BCUT2D eigenvalue weighted by Gasteiger charge is -2.15.